The molecule has 1 amide bonds. The molecular formula is C16H16BrF2N3O4. The van der Waals surface area contributed by atoms with Crippen LogP contribution in [0, 0.1) is 11.6 Å². The van der Waals surface area contributed by atoms with Gasteiger partial charge in [0.15, 0.2) is 5.82 Å². The van der Waals surface area contributed by atoms with Crippen molar-refractivity contribution < 1.29 is 23.5 Å². The van der Waals surface area contributed by atoms with E-state index in [1.54, 1.807) is 13.0 Å². The smallest absolute Gasteiger partial charge is 0.288 e. The Morgan fingerprint density at radius 3 is 2.65 bits per heavy atom. The zero-order valence-corrected chi connectivity index (χ0v) is 15.3. The molecule has 1 aromatic carbocycles. The quantitative estimate of drug-likeness (QED) is 0.462. The monoisotopic (exact) mass is 431 g/mol. The van der Waals surface area contributed by atoms with Crippen molar-refractivity contribution in [2.24, 2.45) is 0 Å². The van der Waals surface area contributed by atoms with Gasteiger partial charge in [-0.1, -0.05) is 15.9 Å². The average molecular weight is 432 g/mol. The van der Waals surface area contributed by atoms with E-state index in [1.165, 1.54) is 12.1 Å². The Balaban J connectivity index is 2.51. The van der Waals surface area contributed by atoms with Gasteiger partial charge in [0.1, 0.15) is 11.6 Å². The lowest BCUT2D eigenvalue weighted by atomic mass is 10.2. The number of carbonyl (C=O) groups is 1. The van der Waals surface area contributed by atoms with E-state index < -0.39 is 23.1 Å². The first-order valence-corrected chi connectivity index (χ1v) is 8.36. The van der Waals surface area contributed by atoms with Crippen LogP contribution in [-0.2, 0) is 11.4 Å². The molecule has 0 spiro atoms. The van der Waals surface area contributed by atoms with Crippen molar-refractivity contribution in [1.82, 2.24) is 10.0 Å². The fourth-order valence-corrected chi connectivity index (χ4v) is 2.51. The van der Waals surface area contributed by atoms with E-state index in [4.69, 9.17) is 9.94 Å². The minimum atomic E-state index is -1.14. The van der Waals surface area contributed by atoms with E-state index in [9.17, 15) is 18.4 Å². The van der Waals surface area contributed by atoms with Crippen LogP contribution < -0.4 is 16.4 Å². The number of hydrogen-bond donors (Lipinski definition) is 3. The largest absolute Gasteiger partial charge is 0.394 e. The highest BCUT2D eigenvalue weighted by Crippen LogP contribution is 2.25. The van der Waals surface area contributed by atoms with Crippen molar-refractivity contribution in [3.8, 4) is 0 Å². The second kappa shape index (κ2) is 8.88. The summed E-state index contributed by atoms with van der Waals surface area (Å²) in [5.41, 5.74) is 0.800. The topological polar surface area (TPSA) is 92.6 Å². The molecule has 0 unspecified atom stereocenters. The molecule has 0 bridgehead atoms. The Kier molecular flexibility index (Phi) is 6.83. The maximum atomic E-state index is 14.1. The first kappa shape index (κ1) is 20.0. The number of hydroxylamine groups is 1. The summed E-state index contributed by atoms with van der Waals surface area (Å²) < 4.78 is 29.5. The highest BCUT2D eigenvalue weighted by Gasteiger charge is 2.21. The number of pyridine rings is 1. The molecule has 7 nitrogen and oxygen atoms in total. The molecule has 0 aliphatic rings. The molecule has 0 radical (unpaired) electrons. The van der Waals surface area contributed by atoms with Crippen molar-refractivity contribution in [3.63, 3.8) is 0 Å². The van der Waals surface area contributed by atoms with Crippen molar-refractivity contribution in [1.29, 1.82) is 0 Å². The number of rotatable bonds is 7. The summed E-state index contributed by atoms with van der Waals surface area (Å²) in [4.78, 5) is 29.0. The molecule has 10 heteroatoms. The Morgan fingerprint density at radius 1 is 1.31 bits per heavy atom. The number of halogens is 3. The van der Waals surface area contributed by atoms with Crippen LogP contribution in [0.2, 0.25) is 0 Å². The third-order valence-corrected chi connectivity index (χ3v) is 3.84. The lowest BCUT2D eigenvalue weighted by molar-refractivity contribution is 0.0168. The zero-order valence-electron chi connectivity index (χ0n) is 13.7. The van der Waals surface area contributed by atoms with Gasteiger partial charge in [-0.2, -0.15) is 0 Å². The van der Waals surface area contributed by atoms with E-state index in [0.29, 0.717) is 4.47 Å². The molecule has 26 heavy (non-hydrogen) atoms. The van der Waals surface area contributed by atoms with E-state index >= 15 is 0 Å². The molecule has 0 aliphatic carbocycles. The summed E-state index contributed by atoms with van der Waals surface area (Å²) in [6, 6.07) is 4.90. The van der Waals surface area contributed by atoms with Crippen molar-refractivity contribution in [3.05, 3.63) is 56.3 Å². The normalized spacial score (nSPS) is 10.7. The van der Waals surface area contributed by atoms with Gasteiger partial charge in [-0.15, -0.1) is 0 Å². The number of carbonyl (C=O) groups excluding carboxylic acids is 1. The molecule has 0 saturated carbocycles. The molecule has 2 rings (SSSR count). The van der Waals surface area contributed by atoms with E-state index in [1.807, 2.05) is 5.48 Å². The fourth-order valence-electron chi connectivity index (χ4n) is 2.18. The molecular weight excluding hydrogens is 416 g/mol. The molecule has 0 fully saturated rings. The van der Waals surface area contributed by atoms with Gasteiger partial charge in [-0.05, 0) is 31.2 Å². The van der Waals surface area contributed by atoms with E-state index in [0.717, 1.165) is 10.6 Å². The van der Waals surface area contributed by atoms with Gasteiger partial charge in [0.2, 0.25) is 0 Å². The molecule has 2 aromatic rings. The summed E-state index contributed by atoms with van der Waals surface area (Å²) >= 11 is 3.13. The maximum Gasteiger partial charge on any atom is 0.288 e. The summed E-state index contributed by atoms with van der Waals surface area (Å²) in [6.45, 7) is 1.10. The van der Waals surface area contributed by atoms with Gasteiger partial charge in [0, 0.05) is 11.0 Å². The van der Waals surface area contributed by atoms with Crippen molar-refractivity contribution in [2.75, 3.05) is 18.5 Å². The second-order valence-electron chi connectivity index (χ2n) is 5.06. The predicted molar refractivity (Wildman–Crippen MR) is 94.2 cm³/mol. The number of aromatic nitrogens is 1. The maximum absolute atomic E-state index is 14.1. The van der Waals surface area contributed by atoms with Crippen molar-refractivity contribution >= 4 is 33.3 Å². The highest BCUT2D eigenvalue weighted by atomic mass is 79.9. The standard InChI is InChI=1S/C16H16BrF2N3O4/c1-2-22-14(20-13-4-3-9(17)7-11(13)18)10(8-12(19)16(22)25)15(24)21-26-6-5-23/h3-4,7-8,20,23H,2,5-6H2,1H3,(H,21,24). The summed E-state index contributed by atoms with van der Waals surface area (Å²) in [5.74, 6) is -2.73. The number of hydrogen-bond acceptors (Lipinski definition) is 5. The summed E-state index contributed by atoms with van der Waals surface area (Å²) in [7, 11) is 0. The summed E-state index contributed by atoms with van der Waals surface area (Å²) in [6.07, 6.45) is 0. The highest BCUT2D eigenvalue weighted by molar-refractivity contribution is 9.10. The number of benzene rings is 1. The molecule has 0 atom stereocenters. The Morgan fingerprint density at radius 2 is 2.04 bits per heavy atom. The van der Waals surface area contributed by atoms with Crippen LogP contribution in [0.15, 0.2) is 33.5 Å². The van der Waals surface area contributed by atoms with E-state index in [-0.39, 0.29) is 36.8 Å². The first-order chi connectivity index (χ1) is 12.4. The fraction of sp³-hybridized carbons (Fsp3) is 0.250. The molecule has 1 aromatic heterocycles. The van der Waals surface area contributed by atoms with Gasteiger partial charge in [0.05, 0.1) is 24.5 Å². The molecule has 0 aliphatic heterocycles. The number of nitrogens with zero attached hydrogens (tertiary/aromatic N) is 1. The Bertz CT molecular complexity index is 873. The first-order valence-electron chi connectivity index (χ1n) is 7.57. The number of nitrogens with one attached hydrogen (secondary N) is 2. The van der Waals surface area contributed by atoms with Crippen LogP contribution in [0.3, 0.4) is 0 Å². The van der Waals surface area contributed by atoms with E-state index in [2.05, 4.69) is 21.2 Å². The lowest BCUT2D eigenvalue weighted by Gasteiger charge is -2.18. The summed E-state index contributed by atoms with van der Waals surface area (Å²) in [5, 5.41) is 11.3. The van der Waals surface area contributed by atoms with Crippen LogP contribution >= 0.6 is 15.9 Å². The number of anilines is 2. The van der Waals surface area contributed by atoms with Crippen LogP contribution in [-0.4, -0.2) is 28.8 Å². The average Bonchev–Trinajstić information content (AvgIpc) is 2.60. The predicted octanol–water partition coefficient (Wildman–Crippen LogP) is 2.31. The third kappa shape index (κ3) is 4.45. The SMILES string of the molecule is CCn1c(Nc2ccc(Br)cc2F)c(C(=O)NOCCO)cc(F)c1=O. The van der Waals surface area contributed by atoms with Crippen LogP contribution in [0.4, 0.5) is 20.3 Å². The van der Waals surface area contributed by atoms with Crippen LogP contribution in [0.5, 0.6) is 0 Å². The third-order valence-electron chi connectivity index (χ3n) is 3.35. The number of aliphatic hydroxyl groups is 1. The van der Waals surface area contributed by atoms with Crippen LogP contribution in [0.1, 0.15) is 17.3 Å². The minimum Gasteiger partial charge on any atom is -0.394 e. The molecule has 1 heterocycles. The van der Waals surface area contributed by atoms with Gasteiger partial charge in [0.25, 0.3) is 11.5 Å². The Hall–Kier alpha value is -2.30. The number of amides is 1. The molecule has 3 N–H and O–H groups in total. The van der Waals surface area contributed by atoms with Crippen LogP contribution in [0.25, 0.3) is 0 Å². The second-order valence-corrected chi connectivity index (χ2v) is 5.97. The van der Waals surface area contributed by atoms with Gasteiger partial charge in [-0.25, -0.2) is 14.3 Å². The van der Waals surface area contributed by atoms with Gasteiger partial charge in [-0.3, -0.25) is 19.0 Å². The zero-order chi connectivity index (χ0) is 19.3. The Labute approximate surface area is 155 Å². The number of aliphatic hydroxyl groups excluding tert-OH is 1. The van der Waals surface area contributed by atoms with Gasteiger partial charge >= 0.3 is 0 Å². The molecule has 140 valence electrons. The van der Waals surface area contributed by atoms with Crippen molar-refractivity contribution in [2.45, 2.75) is 13.5 Å². The van der Waals surface area contributed by atoms with Gasteiger partial charge < -0.3 is 10.4 Å². The molecule has 0 saturated heterocycles. The lowest BCUT2D eigenvalue weighted by Crippen LogP contribution is -2.31. The minimum absolute atomic E-state index is 0.00765.